The van der Waals surface area contributed by atoms with Gasteiger partial charge in [0.15, 0.2) is 0 Å². The largest absolute Gasteiger partial charge is 0.347 e. The van der Waals surface area contributed by atoms with Crippen molar-refractivity contribution in [3.8, 4) is 6.07 Å². The van der Waals surface area contributed by atoms with Gasteiger partial charge in [0.2, 0.25) is 0 Å². The molecule has 1 N–H and O–H groups in total. The number of hydrogen-bond donors (Lipinski definition) is 1. The molecule has 4 rings (SSSR count). The average Bonchev–Trinajstić information content (AvgIpc) is 2.78. The van der Waals surface area contributed by atoms with Gasteiger partial charge in [-0.3, -0.25) is 4.79 Å². The van der Waals surface area contributed by atoms with E-state index in [1.165, 1.54) is 0 Å². The van der Waals surface area contributed by atoms with Crippen LogP contribution in [0.4, 0.5) is 0 Å². The number of nitrogens with one attached hydrogen (secondary N) is 1. The van der Waals surface area contributed by atoms with Crippen LogP contribution in [0.3, 0.4) is 0 Å². The molecule has 0 aliphatic rings. The standard InChI is InChI=1S/C25H17ClN2O/c26-24-21-12-6-4-10-19(21)23(20-11-5-7-13-22(20)24)14-18(15-27)25(29)28-16-17-8-2-1-3-9-17/h1-14H,16H2,(H,28,29)/b18-14+. The molecule has 0 saturated heterocycles. The molecule has 4 aromatic rings. The molecular weight excluding hydrogens is 380 g/mol. The maximum absolute atomic E-state index is 12.7. The summed E-state index contributed by atoms with van der Waals surface area (Å²) in [5.41, 5.74) is 1.84. The SMILES string of the molecule is N#C/C(=C\c1c2ccccc2c(Cl)c2ccccc12)C(=O)NCc1ccccc1. The molecule has 0 radical (unpaired) electrons. The first-order valence-electron chi connectivity index (χ1n) is 9.22. The van der Waals surface area contributed by atoms with Gasteiger partial charge in [-0.05, 0) is 28.0 Å². The predicted octanol–water partition coefficient (Wildman–Crippen LogP) is 5.87. The third-order valence-electron chi connectivity index (χ3n) is 4.86. The number of amides is 1. The van der Waals surface area contributed by atoms with Gasteiger partial charge in [-0.15, -0.1) is 0 Å². The fourth-order valence-electron chi connectivity index (χ4n) is 3.43. The van der Waals surface area contributed by atoms with Crippen molar-refractivity contribution >= 4 is 45.1 Å². The van der Waals surface area contributed by atoms with E-state index in [2.05, 4.69) is 5.32 Å². The van der Waals surface area contributed by atoms with E-state index < -0.39 is 5.91 Å². The molecule has 3 nitrogen and oxygen atoms in total. The first-order valence-corrected chi connectivity index (χ1v) is 9.59. The van der Waals surface area contributed by atoms with Crippen LogP contribution < -0.4 is 5.32 Å². The first kappa shape index (κ1) is 18.7. The third-order valence-corrected chi connectivity index (χ3v) is 5.26. The van der Waals surface area contributed by atoms with Crippen LogP contribution in [0.2, 0.25) is 5.02 Å². The molecule has 4 heteroatoms. The normalized spacial score (nSPS) is 11.4. The minimum atomic E-state index is -0.403. The van der Waals surface area contributed by atoms with E-state index in [0.717, 1.165) is 32.7 Å². The van der Waals surface area contributed by atoms with E-state index in [-0.39, 0.29) is 5.57 Å². The third kappa shape index (κ3) is 3.71. The number of rotatable bonds is 4. The summed E-state index contributed by atoms with van der Waals surface area (Å²) in [6.45, 7) is 0.362. The van der Waals surface area contributed by atoms with Gasteiger partial charge in [-0.1, -0.05) is 90.5 Å². The Kier molecular flexibility index (Phi) is 5.29. The zero-order valence-electron chi connectivity index (χ0n) is 15.5. The Labute approximate surface area is 173 Å². The lowest BCUT2D eigenvalue weighted by Crippen LogP contribution is -2.23. The molecule has 140 valence electrons. The molecule has 0 aliphatic carbocycles. The van der Waals surface area contributed by atoms with Crippen molar-refractivity contribution < 1.29 is 4.79 Å². The number of benzene rings is 4. The van der Waals surface area contributed by atoms with E-state index in [0.29, 0.717) is 11.6 Å². The molecule has 0 heterocycles. The topological polar surface area (TPSA) is 52.9 Å². The second-order valence-corrected chi connectivity index (χ2v) is 7.03. The monoisotopic (exact) mass is 396 g/mol. The number of nitriles is 1. The summed E-state index contributed by atoms with van der Waals surface area (Å²) in [6.07, 6.45) is 1.65. The van der Waals surface area contributed by atoms with Gasteiger partial charge in [-0.25, -0.2) is 0 Å². The van der Waals surface area contributed by atoms with Gasteiger partial charge in [0.25, 0.3) is 5.91 Å². The van der Waals surface area contributed by atoms with Crippen LogP contribution in [-0.2, 0) is 11.3 Å². The first-order chi connectivity index (χ1) is 14.2. The van der Waals surface area contributed by atoms with Crippen molar-refractivity contribution in [1.29, 1.82) is 5.26 Å². The summed E-state index contributed by atoms with van der Waals surface area (Å²) in [5.74, 6) is -0.403. The highest BCUT2D eigenvalue weighted by Crippen LogP contribution is 2.37. The summed E-state index contributed by atoms with van der Waals surface area (Å²) in [7, 11) is 0. The van der Waals surface area contributed by atoms with Gasteiger partial charge < -0.3 is 5.32 Å². The Morgan fingerprint density at radius 3 is 1.93 bits per heavy atom. The fraction of sp³-hybridized carbons (Fsp3) is 0.0400. The maximum atomic E-state index is 12.7. The molecule has 0 bridgehead atoms. The number of nitrogens with zero attached hydrogens (tertiary/aromatic N) is 1. The van der Waals surface area contributed by atoms with Crippen LogP contribution in [0.25, 0.3) is 27.6 Å². The van der Waals surface area contributed by atoms with Crippen molar-refractivity contribution in [1.82, 2.24) is 5.32 Å². The van der Waals surface area contributed by atoms with Gasteiger partial charge >= 0.3 is 0 Å². The quantitative estimate of drug-likeness (QED) is 0.266. The fourth-order valence-corrected chi connectivity index (χ4v) is 3.76. The number of carbonyl (C=O) groups is 1. The number of hydrogen-bond acceptors (Lipinski definition) is 2. The molecule has 0 atom stereocenters. The van der Waals surface area contributed by atoms with Gasteiger partial charge in [0, 0.05) is 17.3 Å². The van der Waals surface area contributed by atoms with Crippen LogP contribution in [0.5, 0.6) is 0 Å². The van der Waals surface area contributed by atoms with Gasteiger partial charge in [-0.2, -0.15) is 5.26 Å². The lowest BCUT2D eigenvalue weighted by molar-refractivity contribution is -0.117. The Hall–Kier alpha value is -3.61. The van der Waals surface area contributed by atoms with Crippen LogP contribution in [-0.4, -0.2) is 5.91 Å². The smallest absolute Gasteiger partial charge is 0.262 e. The molecule has 0 spiro atoms. The minimum absolute atomic E-state index is 0.0542. The van der Waals surface area contributed by atoms with Crippen LogP contribution in [0.1, 0.15) is 11.1 Å². The summed E-state index contributed by atoms with van der Waals surface area (Å²) in [5, 5.41) is 16.7. The second kappa shape index (κ2) is 8.18. The Morgan fingerprint density at radius 1 is 0.862 bits per heavy atom. The second-order valence-electron chi connectivity index (χ2n) is 6.66. The number of fused-ring (bicyclic) bond motifs is 2. The Balaban J connectivity index is 1.80. The molecule has 0 aromatic heterocycles. The highest BCUT2D eigenvalue weighted by molar-refractivity contribution is 6.41. The molecule has 0 fully saturated rings. The lowest BCUT2D eigenvalue weighted by atomic mass is 9.95. The summed E-state index contributed by atoms with van der Waals surface area (Å²) < 4.78 is 0. The van der Waals surface area contributed by atoms with E-state index in [1.54, 1.807) is 6.08 Å². The van der Waals surface area contributed by atoms with Crippen LogP contribution in [0.15, 0.2) is 84.4 Å². The highest BCUT2D eigenvalue weighted by Gasteiger charge is 2.14. The highest BCUT2D eigenvalue weighted by atomic mass is 35.5. The zero-order valence-corrected chi connectivity index (χ0v) is 16.3. The molecule has 0 unspecified atom stereocenters. The summed E-state index contributed by atoms with van der Waals surface area (Å²) in [6, 6.07) is 27.1. The van der Waals surface area contributed by atoms with Crippen LogP contribution >= 0.6 is 11.6 Å². The van der Waals surface area contributed by atoms with E-state index in [4.69, 9.17) is 11.6 Å². The molecule has 4 aromatic carbocycles. The van der Waals surface area contributed by atoms with Crippen molar-refractivity contribution in [2.45, 2.75) is 6.54 Å². The van der Waals surface area contributed by atoms with Crippen molar-refractivity contribution in [3.05, 3.63) is 101 Å². The van der Waals surface area contributed by atoms with E-state index in [1.807, 2.05) is 84.9 Å². The predicted molar refractivity (Wildman–Crippen MR) is 118 cm³/mol. The molecule has 0 saturated carbocycles. The molecule has 29 heavy (non-hydrogen) atoms. The summed E-state index contributed by atoms with van der Waals surface area (Å²) >= 11 is 6.63. The Bertz CT molecular complexity index is 1230. The number of carbonyl (C=O) groups excluding carboxylic acids is 1. The molecule has 1 amide bonds. The van der Waals surface area contributed by atoms with Gasteiger partial charge in [0.05, 0.1) is 5.02 Å². The van der Waals surface area contributed by atoms with Crippen molar-refractivity contribution in [3.63, 3.8) is 0 Å². The van der Waals surface area contributed by atoms with Crippen LogP contribution in [0, 0.1) is 11.3 Å². The van der Waals surface area contributed by atoms with E-state index >= 15 is 0 Å². The summed E-state index contributed by atoms with van der Waals surface area (Å²) in [4.78, 5) is 12.7. The molecular formula is C25H17ClN2O. The van der Waals surface area contributed by atoms with Crippen molar-refractivity contribution in [2.75, 3.05) is 0 Å². The average molecular weight is 397 g/mol. The molecule has 0 aliphatic heterocycles. The maximum Gasteiger partial charge on any atom is 0.262 e. The van der Waals surface area contributed by atoms with Gasteiger partial charge in [0.1, 0.15) is 11.6 Å². The lowest BCUT2D eigenvalue weighted by Gasteiger charge is -2.12. The zero-order chi connectivity index (χ0) is 20.2. The van der Waals surface area contributed by atoms with Crippen molar-refractivity contribution in [2.24, 2.45) is 0 Å². The van der Waals surface area contributed by atoms with E-state index in [9.17, 15) is 10.1 Å². The number of halogens is 1. The minimum Gasteiger partial charge on any atom is -0.347 e. The Morgan fingerprint density at radius 2 is 1.38 bits per heavy atom.